The second-order valence-electron chi connectivity index (χ2n) is 6.79. The lowest BCUT2D eigenvalue weighted by molar-refractivity contribution is -0.124. The summed E-state index contributed by atoms with van der Waals surface area (Å²) in [6.07, 6.45) is 8.59. The Bertz CT molecular complexity index is 553. The van der Waals surface area contributed by atoms with Crippen molar-refractivity contribution in [3.05, 3.63) is 33.8 Å². The number of nitrogens with one attached hydrogen (secondary N) is 2. The van der Waals surface area contributed by atoms with Gasteiger partial charge in [-0.3, -0.25) is 4.79 Å². The molecule has 126 valence electrons. The van der Waals surface area contributed by atoms with E-state index in [0.717, 1.165) is 63.2 Å². The highest BCUT2D eigenvalue weighted by Crippen LogP contribution is 2.27. The van der Waals surface area contributed by atoms with Gasteiger partial charge in [-0.25, -0.2) is 0 Å². The lowest BCUT2D eigenvalue weighted by atomic mass is 9.94. The van der Waals surface area contributed by atoms with Gasteiger partial charge in [0.05, 0.1) is 0 Å². The first kappa shape index (κ1) is 16.8. The van der Waals surface area contributed by atoms with E-state index < -0.39 is 0 Å². The number of hydrogen-bond acceptors (Lipinski definition) is 2. The van der Waals surface area contributed by atoms with Crippen LogP contribution >= 0.6 is 11.6 Å². The van der Waals surface area contributed by atoms with E-state index >= 15 is 0 Å². The van der Waals surface area contributed by atoms with Gasteiger partial charge in [0, 0.05) is 17.5 Å². The van der Waals surface area contributed by atoms with Crippen molar-refractivity contribution in [1.29, 1.82) is 0 Å². The molecule has 0 unspecified atom stereocenters. The molecular weight excluding hydrogens is 308 g/mol. The minimum atomic E-state index is 0.254. The summed E-state index contributed by atoms with van der Waals surface area (Å²) in [5.74, 6) is 0.516. The summed E-state index contributed by atoms with van der Waals surface area (Å²) >= 11 is 6.45. The van der Waals surface area contributed by atoms with Crippen molar-refractivity contribution in [3.8, 4) is 0 Å². The molecular formula is C19H27ClN2O. The van der Waals surface area contributed by atoms with Gasteiger partial charge < -0.3 is 10.6 Å². The van der Waals surface area contributed by atoms with E-state index in [1.165, 1.54) is 29.5 Å². The van der Waals surface area contributed by atoms with E-state index in [9.17, 15) is 4.79 Å². The predicted molar refractivity (Wildman–Crippen MR) is 95.0 cm³/mol. The number of benzene rings is 1. The van der Waals surface area contributed by atoms with Crippen LogP contribution in [0.1, 0.15) is 48.8 Å². The Kier molecular flexibility index (Phi) is 5.96. The maximum Gasteiger partial charge on any atom is 0.223 e. The molecule has 1 aliphatic carbocycles. The number of fused-ring (bicyclic) bond motifs is 1. The number of carbonyl (C=O) groups excluding carboxylic acids is 1. The molecule has 23 heavy (non-hydrogen) atoms. The van der Waals surface area contributed by atoms with E-state index in [1.54, 1.807) is 0 Å². The molecule has 3 nitrogen and oxygen atoms in total. The van der Waals surface area contributed by atoms with Crippen LogP contribution in [-0.2, 0) is 24.1 Å². The molecule has 1 aromatic rings. The Morgan fingerprint density at radius 2 is 2.00 bits per heavy atom. The summed E-state index contributed by atoms with van der Waals surface area (Å²) in [6.45, 7) is 2.83. The van der Waals surface area contributed by atoms with Crippen molar-refractivity contribution < 1.29 is 4.79 Å². The summed E-state index contributed by atoms with van der Waals surface area (Å²) in [7, 11) is 0. The second-order valence-corrected chi connectivity index (χ2v) is 7.20. The third-order valence-corrected chi connectivity index (χ3v) is 5.58. The van der Waals surface area contributed by atoms with Crippen LogP contribution < -0.4 is 10.6 Å². The highest BCUT2D eigenvalue weighted by Gasteiger charge is 2.22. The van der Waals surface area contributed by atoms with Gasteiger partial charge in [-0.15, -0.1) is 0 Å². The van der Waals surface area contributed by atoms with Gasteiger partial charge in [-0.05, 0) is 74.4 Å². The fourth-order valence-electron chi connectivity index (χ4n) is 3.90. The maximum atomic E-state index is 12.1. The maximum absolute atomic E-state index is 12.1. The van der Waals surface area contributed by atoms with Crippen molar-refractivity contribution in [2.75, 3.05) is 19.6 Å². The van der Waals surface area contributed by atoms with Gasteiger partial charge in [-0.1, -0.05) is 30.5 Å². The monoisotopic (exact) mass is 334 g/mol. The molecule has 1 heterocycles. The molecule has 4 heteroatoms. The van der Waals surface area contributed by atoms with Crippen LogP contribution in [0.2, 0.25) is 5.02 Å². The SMILES string of the molecule is O=C(NCCCc1c(Cl)ccc2c1CCNCC2)C1CCCC1. The quantitative estimate of drug-likeness (QED) is 0.811. The molecule has 0 aromatic heterocycles. The predicted octanol–water partition coefficient (Wildman–Crippen LogP) is 3.27. The number of rotatable bonds is 5. The molecule has 0 radical (unpaired) electrons. The van der Waals surface area contributed by atoms with Crippen LogP contribution in [0.15, 0.2) is 12.1 Å². The third-order valence-electron chi connectivity index (χ3n) is 5.22. The average Bonchev–Trinajstić information content (AvgIpc) is 2.99. The van der Waals surface area contributed by atoms with Crippen molar-refractivity contribution in [2.24, 2.45) is 5.92 Å². The molecule has 1 aromatic carbocycles. The smallest absolute Gasteiger partial charge is 0.223 e. The topological polar surface area (TPSA) is 41.1 Å². The van der Waals surface area contributed by atoms with Crippen LogP contribution in [0.5, 0.6) is 0 Å². The standard InChI is InChI=1S/C19H27ClN2O/c20-18-8-7-14-9-12-21-13-10-16(14)17(18)6-3-11-22-19(23)15-4-1-2-5-15/h7-8,15,21H,1-6,9-13H2,(H,22,23). The lowest BCUT2D eigenvalue weighted by Gasteiger charge is -2.15. The Labute approximate surface area is 144 Å². The summed E-state index contributed by atoms with van der Waals surface area (Å²) < 4.78 is 0. The van der Waals surface area contributed by atoms with Gasteiger partial charge in [0.15, 0.2) is 0 Å². The lowest BCUT2D eigenvalue weighted by Crippen LogP contribution is -2.30. The molecule has 1 saturated carbocycles. The molecule has 1 amide bonds. The van der Waals surface area contributed by atoms with Crippen LogP contribution in [0.3, 0.4) is 0 Å². The second kappa shape index (κ2) is 8.16. The number of carbonyl (C=O) groups is 1. The van der Waals surface area contributed by atoms with Crippen molar-refractivity contribution >= 4 is 17.5 Å². The molecule has 0 atom stereocenters. The molecule has 0 spiro atoms. The number of halogens is 1. The van der Waals surface area contributed by atoms with Crippen LogP contribution in [-0.4, -0.2) is 25.5 Å². The molecule has 1 aliphatic heterocycles. The van der Waals surface area contributed by atoms with Crippen LogP contribution in [0.25, 0.3) is 0 Å². The van der Waals surface area contributed by atoms with Crippen LogP contribution in [0, 0.1) is 5.92 Å². The molecule has 2 aliphatic rings. The van der Waals surface area contributed by atoms with Gasteiger partial charge in [-0.2, -0.15) is 0 Å². The fourth-order valence-corrected chi connectivity index (χ4v) is 4.17. The molecule has 2 N–H and O–H groups in total. The van der Waals surface area contributed by atoms with E-state index in [2.05, 4.69) is 16.7 Å². The van der Waals surface area contributed by atoms with E-state index in [4.69, 9.17) is 11.6 Å². The average molecular weight is 335 g/mol. The molecule has 1 fully saturated rings. The van der Waals surface area contributed by atoms with E-state index in [-0.39, 0.29) is 11.8 Å². The first-order chi connectivity index (χ1) is 11.3. The highest BCUT2D eigenvalue weighted by atomic mass is 35.5. The highest BCUT2D eigenvalue weighted by molar-refractivity contribution is 6.31. The van der Waals surface area contributed by atoms with Crippen molar-refractivity contribution in [1.82, 2.24) is 10.6 Å². The Hall–Kier alpha value is -1.06. The zero-order valence-corrected chi connectivity index (χ0v) is 14.6. The first-order valence-electron chi connectivity index (χ1n) is 9.03. The van der Waals surface area contributed by atoms with Crippen LogP contribution in [0.4, 0.5) is 0 Å². The Morgan fingerprint density at radius 3 is 2.83 bits per heavy atom. The zero-order valence-electron chi connectivity index (χ0n) is 13.8. The number of amides is 1. The normalized spacial score (nSPS) is 18.5. The Balaban J connectivity index is 1.54. The van der Waals surface area contributed by atoms with Gasteiger partial charge in [0.1, 0.15) is 0 Å². The summed E-state index contributed by atoms with van der Waals surface area (Å²) in [6, 6.07) is 4.22. The number of hydrogen-bond donors (Lipinski definition) is 2. The van der Waals surface area contributed by atoms with E-state index in [1.807, 2.05) is 6.07 Å². The third kappa shape index (κ3) is 4.27. The Morgan fingerprint density at radius 1 is 1.22 bits per heavy atom. The zero-order chi connectivity index (χ0) is 16.1. The minimum Gasteiger partial charge on any atom is -0.356 e. The summed E-state index contributed by atoms with van der Waals surface area (Å²) in [4.78, 5) is 12.1. The molecule has 3 rings (SSSR count). The molecule has 0 bridgehead atoms. The summed E-state index contributed by atoms with van der Waals surface area (Å²) in [5.41, 5.74) is 4.16. The van der Waals surface area contributed by atoms with E-state index in [0.29, 0.717) is 0 Å². The van der Waals surface area contributed by atoms with Gasteiger partial charge >= 0.3 is 0 Å². The fraction of sp³-hybridized carbons (Fsp3) is 0.632. The van der Waals surface area contributed by atoms with Gasteiger partial charge in [0.25, 0.3) is 0 Å². The van der Waals surface area contributed by atoms with Gasteiger partial charge in [0.2, 0.25) is 5.91 Å². The first-order valence-corrected chi connectivity index (χ1v) is 9.41. The summed E-state index contributed by atoms with van der Waals surface area (Å²) in [5, 5.41) is 7.45. The molecule has 0 saturated heterocycles. The largest absolute Gasteiger partial charge is 0.356 e. The minimum absolute atomic E-state index is 0.254. The van der Waals surface area contributed by atoms with Crippen molar-refractivity contribution in [3.63, 3.8) is 0 Å². The van der Waals surface area contributed by atoms with Crippen molar-refractivity contribution in [2.45, 2.75) is 51.4 Å².